The van der Waals surface area contributed by atoms with Gasteiger partial charge in [-0.3, -0.25) is 9.48 Å². The number of carbonyl (C=O) groups is 1. The molecule has 0 atom stereocenters. The molecule has 1 N–H and O–H groups in total. The maximum Gasteiger partial charge on any atom is 0.229 e. The fraction of sp³-hybridized carbons (Fsp3) is 0.519. The minimum Gasteiger partial charge on any atom is -0.323 e. The number of anilines is 1. The lowest BCUT2D eigenvalue weighted by Gasteiger charge is -2.45. The zero-order valence-electron chi connectivity index (χ0n) is 20.7. The standard InChI is InChI=1S/C27H37N5O/c1-19(2)17-32(18-20(3)4)10-8-21(9-11-32)27(33)30-26-13-24-12-22(6-7-23(24)14-28-26)25-15-29-31(5)16-25/h6-7,12-16,19-21H,8-11,17-18H2,1-5H3/p+1. The van der Waals surface area contributed by atoms with E-state index in [-0.39, 0.29) is 11.8 Å². The van der Waals surface area contributed by atoms with E-state index in [0.29, 0.717) is 17.7 Å². The Morgan fingerprint density at radius 3 is 2.33 bits per heavy atom. The van der Waals surface area contributed by atoms with E-state index < -0.39 is 0 Å². The molecule has 33 heavy (non-hydrogen) atoms. The lowest BCUT2D eigenvalue weighted by atomic mass is 9.91. The average Bonchev–Trinajstić information content (AvgIpc) is 3.19. The first-order valence-corrected chi connectivity index (χ1v) is 12.3. The fourth-order valence-electron chi connectivity index (χ4n) is 5.55. The highest BCUT2D eigenvalue weighted by atomic mass is 16.2. The molecule has 3 aromatic rings. The van der Waals surface area contributed by atoms with Crippen LogP contribution in [-0.2, 0) is 11.8 Å². The molecule has 0 radical (unpaired) electrons. The average molecular weight is 449 g/mol. The number of quaternary nitrogens is 1. The Labute approximate surface area is 197 Å². The van der Waals surface area contributed by atoms with Crippen molar-refractivity contribution in [3.63, 3.8) is 0 Å². The molecule has 1 amide bonds. The quantitative estimate of drug-likeness (QED) is 0.511. The highest BCUT2D eigenvalue weighted by Crippen LogP contribution is 2.29. The molecule has 1 fully saturated rings. The number of rotatable bonds is 7. The first-order valence-electron chi connectivity index (χ1n) is 12.3. The Balaban J connectivity index is 1.44. The van der Waals surface area contributed by atoms with E-state index in [2.05, 4.69) is 61.3 Å². The molecule has 4 rings (SSSR count). The van der Waals surface area contributed by atoms with Gasteiger partial charge in [-0.2, -0.15) is 5.10 Å². The molecule has 1 aliphatic rings. The Hall–Kier alpha value is -2.73. The van der Waals surface area contributed by atoms with Crippen LogP contribution in [0.25, 0.3) is 21.9 Å². The third-order valence-electron chi connectivity index (χ3n) is 6.79. The molecular formula is C27H38N5O+. The van der Waals surface area contributed by atoms with Crippen LogP contribution in [0, 0.1) is 17.8 Å². The van der Waals surface area contributed by atoms with Crippen LogP contribution < -0.4 is 5.32 Å². The van der Waals surface area contributed by atoms with Gasteiger partial charge in [0.15, 0.2) is 0 Å². The number of aryl methyl sites for hydroxylation is 1. The second kappa shape index (κ2) is 9.64. The number of likely N-dealkylation sites (tertiary alicyclic amines) is 1. The molecule has 1 saturated heterocycles. The van der Waals surface area contributed by atoms with Crippen LogP contribution in [0.1, 0.15) is 40.5 Å². The van der Waals surface area contributed by atoms with Crippen LogP contribution >= 0.6 is 0 Å². The number of piperidine rings is 1. The second-order valence-corrected chi connectivity index (χ2v) is 10.7. The minimum absolute atomic E-state index is 0.0646. The van der Waals surface area contributed by atoms with Gasteiger partial charge in [0.05, 0.1) is 32.4 Å². The molecule has 0 bridgehead atoms. The largest absolute Gasteiger partial charge is 0.323 e. The van der Waals surface area contributed by atoms with Gasteiger partial charge in [0.25, 0.3) is 0 Å². The van der Waals surface area contributed by atoms with E-state index in [1.165, 1.54) is 13.1 Å². The summed E-state index contributed by atoms with van der Waals surface area (Å²) >= 11 is 0. The van der Waals surface area contributed by atoms with E-state index in [0.717, 1.165) is 52.3 Å². The zero-order valence-corrected chi connectivity index (χ0v) is 20.7. The Bertz CT molecular complexity index is 1100. The lowest BCUT2D eigenvalue weighted by molar-refractivity contribution is -0.938. The summed E-state index contributed by atoms with van der Waals surface area (Å²) < 4.78 is 2.96. The summed E-state index contributed by atoms with van der Waals surface area (Å²) in [6, 6.07) is 8.26. The normalized spacial score (nSPS) is 16.6. The van der Waals surface area contributed by atoms with Gasteiger partial charge in [0.1, 0.15) is 5.82 Å². The Morgan fingerprint density at radius 1 is 1.03 bits per heavy atom. The third kappa shape index (κ3) is 5.61. The van der Waals surface area contributed by atoms with E-state index >= 15 is 0 Å². The number of pyridine rings is 1. The summed E-state index contributed by atoms with van der Waals surface area (Å²) in [6.07, 6.45) is 7.61. The molecule has 0 saturated carbocycles. The summed E-state index contributed by atoms with van der Waals surface area (Å²) in [5, 5.41) is 9.49. The SMILES string of the molecule is CC(C)C[N+]1(CC(C)C)CCC(C(=O)Nc2cc3cc(-c4cnn(C)c4)ccc3cn2)CC1. The predicted octanol–water partition coefficient (Wildman–Crippen LogP) is 5.11. The van der Waals surface area contributed by atoms with Gasteiger partial charge < -0.3 is 9.80 Å². The molecule has 3 heterocycles. The smallest absolute Gasteiger partial charge is 0.229 e. The molecule has 6 heteroatoms. The van der Waals surface area contributed by atoms with Crippen molar-refractivity contribution in [3.8, 4) is 11.1 Å². The molecule has 0 aliphatic carbocycles. The van der Waals surface area contributed by atoms with Crippen molar-refractivity contribution < 1.29 is 9.28 Å². The number of nitrogens with zero attached hydrogens (tertiary/aromatic N) is 4. The first kappa shape index (κ1) is 23.4. The molecular weight excluding hydrogens is 410 g/mol. The monoisotopic (exact) mass is 448 g/mol. The van der Waals surface area contributed by atoms with Crippen molar-refractivity contribution in [2.75, 3.05) is 31.5 Å². The van der Waals surface area contributed by atoms with Crippen molar-refractivity contribution >= 4 is 22.5 Å². The summed E-state index contributed by atoms with van der Waals surface area (Å²) in [7, 11) is 1.92. The van der Waals surface area contributed by atoms with Crippen LogP contribution in [0.15, 0.2) is 42.9 Å². The number of hydrogen-bond donors (Lipinski definition) is 1. The number of benzene rings is 1. The number of fused-ring (bicyclic) bond motifs is 1. The van der Waals surface area contributed by atoms with Crippen LogP contribution in [-0.4, -0.2) is 51.3 Å². The van der Waals surface area contributed by atoms with Crippen LogP contribution in [0.2, 0.25) is 0 Å². The van der Waals surface area contributed by atoms with Gasteiger partial charge in [-0.1, -0.05) is 39.8 Å². The summed E-state index contributed by atoms with van der Waals surface area (Å²) in [4.78, 5) is 17.6. The van der Waals surface area contributed by atoms with Gasteiger partial charge in [-0.15, -0.1) is 0 Å². The fourth-order valence-corrected chi connectivity index (χ4v) is 5.55. The van der Waals surface area contributed by atoms with Crippen molar-refractivity contribution in [3.05, 3.63) is 42.9 Å². The summed E-state index contributed by atoms with van der Waals surface area (Å²) in [6.45, 7) is 13.8. The third-order valence-corrected chi connectivity index (χ3v) is 6.79. The molecule has 0 unspecified atom stereocenters. The molecule has 6 nitrogen and oxygen atoms in total. The second-order valence-electron chi connectivity index (χ2n) is 10.7. The maximum absolute atomic E-state index is 13.1. The first-order chi connectivity index (χ1) is 15.7. The van der Waals surface area contributed by atoms with Crippen LogP contribution in [0.3, 0.4) is 0 Å². The van der Waals surface area contributed by atoms with Gasteiger partial charge in [0, 0.05) is 61.0 Å². The van der Waals surface area contributed by atoms with Gasteiger partial charge in [-0.05, 0) is 23.1 Å². The van der Waals surface area contributed by atoms with E-state index in [9.17, 15) is 4.79 Å². The Kier molecular flexibility index (Phi) is 6.84. The van der Waals surface area contributed by atoms with Crippen molar-refractivity contribution in [1.29, 1.82) is 0 Å². The number of aromatic nitrogens is 3. The number of hydrogen-bond acceptors (Lipinski definition) is 3. The maximum atomic E-state index is 13.1. The molecule has 1 aliphatic heterocycles. The summed E-state index contributed by atoms with van der Waals surface area (Å²) in [5.41, 5.74) is 2.18. The van der Waals surface area contributed by atoms with Crippen molar-refractivity contribution in [2.45, 2.75) is 40.5 Å². The predicted molar refractivity (Wildman–Crippen MR) is 135 cm³/mol. The molecule has 176 valence electrons. The number of amides is 1. The number of carbonyl (C=O) groups excluding carboxylic acids is 1. The minimum atomic E-state index is 0.0646. The van der Waals surface area contributed by atoms with E-state index in [1.807, 2.05) is 31.7 Å². The number of nitrogens with one attached hydrogen (secondary N) is 1. The van der Waals surface area contributed by atoms with Crippen molar-refractivity contribution in [2.24, 2.45) is 24.8 Å². The van der Waals surface area contributed by atoms with Gasteiger partial charge in [0.2, 0.25) is 5.91 Å². The van der Waals surface area contributed by atoms with Gasteiger partial charge >= 0.3 is 0 Å². The lowest BCUT2D eigenvalue weighted by Crippen LogP contribution is -2.57. The highest BCUT2D eigenvalue weighted by molar-refractivity contribution is 5.95. The highest BCUT2D eigenvalue weighted by Gasteiger charge is 2.37. The molecule has 1 aromatic carbocycles. The van der Waals surface area contributed by atoms with Crippen LogP contribution in [0.4, 0.5) is 5.82 Å². The zero-order chi connectivity index (χ0) is 23.6. The molecule has 0 spiro atoms. The van der Waals surface area contributed by atoms with Crippen LogP contribution in [0.5, 0.6) is 0 Å². The van der Waals surface area contributed by atoms with Crippen molar-refractivity contribution in [1.82, 2.24) is 14.8 Å². The summed E-state index contributed by atoms with van der Waals surface area (Å²) in [5.74, 6) is 2.15. The topological polar surface area (TPSA) is 59.8 Å². The Morgan fingerprint density at radius 2 is 1.73 bits per heavy atom. The van der Waals surface area contributed by atoms with Gasteiger partial charge in [-0.25, -0.2) is 4.98 Å². The van der Waals surface area contributed by atoms with E-state index in [4.69, 9.17) is 0 Å². The van der Waals surface area contributed by atoms with E-state index in [1.54, 1.807) is 4.68 Å². The molecule has 2 aromatic heterocycles.